The van der Waals surface area contributed by atoms with Crippen LogP contribution in [0, 0.1) is 0 Å². The zero-order valence-corrected chi connectivity index (χ0v) is 15.8. The molecule has 0 saturated heterocycles. The SMILES string of the molecule is CS(=O)(=O)n1nc(C2CC2)nc1-c1ccc(OC/C(=C/F)CN)cc1.Cl. The lowest BCUT2D eigenvalue weighted by Gasteiger charge is -2.08. The molecule has 10 heteroatoms. The molecule has 0 amide bonds. The minimum absolute atomic E-state index is 0. The van der Waals surface area contributed by atoms with Crippen LogP contribution in [0.2, 0.25) is 0 Å². The minimum atomic E-state index is -3.56. The van der Waals surface area contributed by atoms with Gasteiger partial charge >= 0.3 is 0 Å². The van der Waals surface area contributed by atoms with Gasteiger partial charge in [0.25, 0.3) is 10.0 Å². The molecule has 1 aromatic heterocycles. The summed E-state index contributed by atoms with van der Waals surface area (Å²) < 4.78 is 42.8. The van der Waals surface area contributed by atoms with Crippen molar-refractivity contribution in [3.8, 4) is 17.1 Å². The molecule has 2 N–H and O–H groups in total. The fraction of sp³-hybridized carbons (Fsp3) is 0.375. The number of rotatable bonds is 7. The molecule has 1 heterocycles. The van der Waals surface area contributed by atoms with Crippen molar-refractivity contribution in [2.45, 2.75) is 18.8 Å². The van der Waals surface area contributed by atoms with Crippen molar-refractivity contribution in [2.75, 3.05) is 19.4 Å². The Morgan fingerprint density at radius 2 is 2.04 bits per heavy atom. The van der Waals surface area contributed by atoms with Crippen molar-refractivity contribution >= 4 is 22.4 Å². The molecule has 1 aliphatic carbocycles. The van der Waals surface area contributed by atoms with Crippen LogP contribution in [0.25, 0.3) is 11.4 Å². The van der Waals surface area contributed by atoms with Crippen molar-refractivity contribution in [3.63, 3.8) is 0 Å². The highest BCUT2D eigenvalue weighted by molar-refractivity contribution is 7.89. The second-order valence-electron chi connectivity index (χ2n) is 5.96. The summed E-state index contributed by atoms with van der Waals surface area (Å²) in [5.74, 6) is 1.60. The molecular weight excluding hydrogens is 383 g/mol. The number of aromatic nitrogens is 3. The largest absolute Gasteiger partial charge is 0.489 e. The van der Waals surface area contributed by atoms with Crippen LogP contribution in [0.5, 0.6) is 5.75 Å². The zero-order chi connectivity index (χ0) is 18.0. The Morgan fingerprint density at radius 1 is 1.38 bits per heavy atom. The van der Waals surface area contributed by atoms with E-state index in [0.717, 1.165) is 23.2 Å². The maximum absolute atomic E-state index is 12.5. The van der Waals surface area contributed by atoms with Crippen LogP contribution in [-0.4, -0.2) is 42.0 Å². The molecule has 0 spiro atoms. The Balaban J connectivity index is 0.00000243. The van der Waals surface area contributed by atoms with Crippen molar-refractivity contribution in [1.29, 1.82) is 0 Å². The van der Waals surface area contributed by atoms with Crippen LogP contribution < -0.4 is 10.5 Å². The fourth-order valence-electron chi connectivity index (χ4n) is 2.25. The first-order valence-electron chi connectivity index (χ1n) is 7.81. The Labute approximate surface area is 157 Å². The van der Waals surface area contributed by atoms with Crippen LogP contribution in [0.1, 0.15) is 24.6 Å². The average Bonchev–Trinajstić information content (AvgIpc) is 3.33. The van der Waals surface area contributed by atoms with Gasteiger partial charge in [0.2, 0.25) is 0 Å². The molecule has 0 unspecified atom stereocenters. The number of hydrogen-bond donors (Lipinski definition) is 1. The van der Waals surface area contributed by atoms with E-state index in [4.69, 9.17) is 10.5 Å². The predicted molar refractivity (Wildman–Crippen MR) is 98.7 cm³/mol. The van der Waals surface area contributed by atoms with Gasteiger partial charge in [-0.25, -0.2) is 17.8 Å². The Bertz CT molecular complexity index is 893. The van der Waals surface area contributed by atoms with Crippen LogP contribution in [-0.2, 0) is 10.0 Å². The van der Waals surface area contributed by atoms with Crippen LogP contribution in [0.3, 0.4) is 0 Å². The molecule has 142 valence electrons. The van der Waals surface area contributed by atoms with Gasteiger partial charge in [-0.3, -0.25) is 0 Å². The molecular formula is C16H20ClFN4O3S. The third-order valence-electron chi connectivity index (χ3n) is 3.80. The lowest BCUT2D eigenvalue weighted by atomic mass is 10.2. The molecule has 1 saturated carbocycles. The fourth-order valence-corrected chi connectivity index (χ4v) is 2.94. The van der Waals surface area contributed by atoms with Crippen LogP contribution >= 0.6 is 12.4 Å². The van der Waals surface area contributed by atoms with Gasteiger partial charge in [-0.15, -0.1) is 21.6 Å². The molecule has 2 aromatic rings. The van der Waals surface area contributed by atoms with E-state index in [-0.39, 0.29) is 37.3 Å². The number of benzene rings is 1. The molecule has 26 heavy (non-hydrogen) atoms. The quantitative estimate of drug-likeness (QED) is 0.762. The van der Waals surface area contributed by atoms with Crippen LogP contribution in [0.15, 0.2) is 36.2 Å². The van der Waals surface area contributed by atoms with Gasteiger partial charge in [0.15, 0.2) is 11.6 Å². The van der Waals surface area contributed by atoms with Gasteiger partial charge in [-0.05, 0) is 37.1 Å². The van der Waals surface area contributed by atoms with Crippen molar-refractivity contribution < 1.29 is 17.5 Å². The normalized spacial score (nSPS) is 14.8. The molecule has 7 nitrogen and oxygen atoms in total. The molecule has 3 rings (SSSR count). The number of nitrogens with zero attached hydrogens (tertiary/aromatic N) is 3. The van der Waals surface area contributed by atoms with Crippen molar-refractivity contribution in [3.05, 3.63) is 42.0 Å². The monoisotopic (exact) mass is 402 g/mol. The van der Waals surface area contributed by atoms with E-state index in [9.17, 15) is 12.8 Å². The van der Waals surface area contributed by atoms with E-state index in [2.05, 4.69) is 10.1 Å². The maximum atomic E-state index is 12.5. The van der Waals surface area contributed by atoms with E-state index in [1.54, 1.807) is 24.3 Å². The summed E-state index contributed by atoms with van der Waals surface area (Å²) in [5, 5.41) is 4.15. The summed E-state index contributed by atoms with van der Waals surface area (Å²) in [7, 11) is -3.56. The van der Waals surface area contributed by atoms with Gasteiger partial charge in [0.1, 0.15) is 12.4 Å². The first kappa shape index (κ1) is 20.3. The van der Waals surface area contributed by atoms with Gasteiger partial charge in [-0.1, -0.05) is 0 Å². The second-order valence-corrected chi connectivity index (χ2v) is 7.77. The van der Waals surface area contributed by atoms with Gasteiger partial charge in [0, 0.05) is 23.6 Å². The first-order chi connectivity index (χ1) is 11.9. The second kappa shape index (κ2) is 8.15. The highest BCUT2D eigenvalue weighted by atomic mass is 35.5. The third kappa shape index (κ3) is 4.60. The lowest BCUT2D eigenvalue weighted by molar-refractivity contribution is 0.347. The highest BCUT2D eigenvalue weighted by Crippen LogP contribution is 2.39. The van der Waals surface area contributed by atoms with Crippen LogP contribution in [0.4, 0.5) is 4.39 Å². The average molecular weight is 403 g/mol. The maximum Gasteiger partial charge on any atom is 0.252 e. The van der Waals surface area contributed by atoms with Gasteiger partial charge < -0.3 is 10.5 Å². The Kier molecular flexibility index (Phi) is 6.38. The Hall–Kier alpha value is -1.97. The summed E-state index contributed by atoms with van der Waals surface area (Å²) in [6.45, 7) is 0.133. The van der Waals surface area contributed by atoms with E-state index >= 15 is 0 Å². The van der Waals surface area contributed by atoms with Crippen molar-refractivity contribution in [2.24, 2.45) is 5.73 Å². The molecule has 1 aliphatic rings. The Morgan fingerprint density at radius 3 is 2.54 bits per heavy atom. The van der Waals surface area contributed by atoms with E-state index in [1.165, 1.54) is 0 Å². The third-order valence-corrected chi connectivity index (χ3v) is 4.69. The number of nitrogens with two attached hydrogens (primary N) is 1. The summed E-state index contributed by atoms with van der Waals surface area (Å²) in [4.78, 5) is 4.40. The summed E-state index contributed by atoms with van der Waals surface area (Å²) in [5.41, 5.74) is 6.32. The smallest absolute Gasteiger partial charge is 0.252 e. The highest BCUT2D eigenvalue weighted by Gasteiger charge is 2.30. The first-order valence-corrected chi connectivity index (χ1v) is 9.66. The molecule has 1 fully saturated rings. The summed E-state index contributed by atoms with van der Waals surface area (Å²) in [6.07, 6.45) is 3.48. The lowest BCUT2D eigenvalue weighted by Crippen LogP contribution is -2.13. The molecule has 0 radical (unpaired) electrons. The number of halogens is 2. The predicted octanol–water partition coefficient (Wildman–Crippen LogP) is 2.24. The van der Waals surface area contributed by atoms with Gasteiger partial charge in [-0.2, -0.15) is 0 Å². The minimum Gasteiger partial charge on any atom is -0.489 e. The summed E-state index contributed by atoms with van der Waals surface area (Å²) >= 11 is 0. The van der Waals surface area contributed by atoms with E-state index in [1.807, 2.05) is 0 Å². The molecule has 1 aromatic carbocycles. The standard InChI is InChI=1S/C16H19FN4O3S.ClH/c1-25(22,23)21-16(19-15(20-21)12-2-3-12)13-4-6-14(7-5-13)24-10-11(8-17)9-18;/h4-8,12H,2-3,9-10,18H2,1H3;1H/b11-8+;. The zero-order valence-electron chi connectivity index (χ0n) is 14.1. The summed E-state index contributed by atoms with van der Waals surface area (Å²) in [6, 6.07) is 6.72. The van der Waals surface area contributed by atoms with E-state index < -0.39 is 10.0 Å². The van der Waals surface area contributed by atoms with Crippen molar-refractivity contribution in [1.82, 2.24) is 14.2 Å². The number of ether oxygens (including phenoxy) is 1. The molecule has 0 bridgehead atoms. The molecule has 0 aliphatic heterocycles. The number of hydrogen-bond acceptors (Lipinski definition) is 6. The molecule has 0 atom stereocenters. The van der Waals surface area contributed by atoms with E-state index in [0.29, 0.717) is 29.0 Å². The van der Waals surface area contributed by atoms with Gasteiger partial charge in [0.05, 0.1) is 12.6 Å². The topological polar surface area (TPSA) is 100 Å².